The van der Waals surface area contributed by atoms with Crippen LogP contribution >= 0.6 is 0 Å². The summed E-state index contributed by atoms with van der Waals surface area (Å²) in [6.45, 7) is 7.17. The zero-order valence-corrected chi connectivity index (χ0v) is 15.5. The Labute approximate surface area is 134 Å². The highest BCUT2D eigenvalue weighted by atomic mass is 79.9. The second kappa shape index (κ2) is 7.61. The molecule has 110 valence electrons. The molecule has 4 aliphatic rings. The second-order valence-electron chi connectivity index (χ2n) is 7.11. The molecule has 4 saturated heterocycles. The molecular formula is C14H30Br2N2. The Morgan fingerprint density at radius 1 is 0.667 bits per heavy atom. The fourth-order valence-corrected chi connectivity index (χ4v) is 3.44. The third-order valence-electron chi connectivity index (χ3n) is 5.01. The van der Waals surface area contributed by atoms with Gasteiger partial charge in [-0.3, -0.25) is 0 Å². The van der Waals surface area contributed by atoms with E-state index in [4.69, 9.17) is 0 Å². The quantitative estimate of drug-likeness (QED) is 0.374. The summed E-state index contributed by atoms with van der Waals surface area (Å²) in [6, 6.07) is 0. The van der Waals surface area contributed by atoms with E-state index in [1.54, 1.807) is 0 Å². The molecule has 0 aromatic rings. The Bertz CT molecular complexity index is 214. The van der Waals surface area contributed by atoms with Crippen molar-refractivity contribution in [2.45, 2.75) is 32.1 Å². The third-order valence-corrected chi connectivity index (χ3v) is 5.01. The van der Waals surface area contributed by atoms with Gasteiger partial charge in [0.25, 0.3) is 0 Å². The number of likely N-dealkylation sites (tertiary alicyclic amines) is 1. The van der Waals surface area contributed by atoms with Gasteiger partial charge in [0.2, 0.25) is 0 Å². The number of rotatable bonds is 0. The van der Waals surface area contributed by atoms with Gasteiger partial charge in [-0.2, -0.15) is 0 Å². The predicted octanol–water partition coefficient (Wildman–Crippen LogP) is -3.89. The summed E-state index contributed by atoms with van der Waals surface area (Å²) in [4.78, 5) is 0. The highest BCUT2D eigenvalue weighted by molar-refractivity contribution is 4.69. The maximum absolute atomic E-state index is 2.41. The van der Waals surface area contributed by atoms with Crippen molar-refractivity contribution in [2.24, 2.45) is 5.92 Å². The molecular weight excluding hydrogens is 356 g/mol. The fourth-order valence-electron chi connectivity index (χ4n) is 3.44. The molecule has 0 aromatic carbocycles. The van der Waals surface area contributed by atoms with Gasteiger partial charge in [0.15, 0.2) is 0 Å². The second-order valence-corrected chi connectivity index (χ2v) is 7.11. The lowest BCUT2D eigenvalue weighted by atomic mass is 9.86. The van der Waals surface area contributed by atoms with Crippen molar-refractivity contribution in [3.05, 3.63) is 0 Å². The summed E-state index contributed by atoms with van der Waals surface area (Å²) in [5, 5.41) is 0. The smallest absolute Gasteiger partial charge is 0.0787 e. The van der Waals surface area contributed by atoms with Crippen LogP contribution in [0.5, 0.6) is 0 Å². The van der Waals surface area contributed by atoms with E-state index in [2.05, 4.69) is 21.1 Å². The Morgan fingerprint density at radius 2 is 1.06 bits per heavy atom. The van der Waals surface area contributed by atoms with E-state index in [1.165, 1.54) is 73.8 Å². The number of hydrogen-bond donors (Lipinski definition) is 0. The SMILES string of the molecule is C[N+]1(C)CCCC1.C[N+]12CCC(CC1)CC2.[Br-].[Br-]. The Morgan fingerprint density at radius 3 is 1.22 bits per heavy atom. The standard InChI is InChI=1S/C8H16N.C6H14N.2BrH/c1-9-5-2-8(3-6-9)4-7-9;1-7(2)5-3-4-6-7;;/h8H,2-7H2,1H3;3-6H2,1-2H3;2*1H/q2*+1;;/p-2. The normalized spacial score (nSPS) is 35.8. The largest absolute Gasteiger partial charge is 1.00 e. The highest BCUT2D eigenvalue weighted by Crippen LogP contribution is 2.31. The minimum atomic E-state index is 0. The Balaban J connectivity index is 0.000000297. The first kappa shape index (κ1) is 18.9. The van der Waals surface area contributed by atoms with E-state index in [1.807, 2.05) is 0 Å². The van der Waals surface area contributed by atoms with Gasteiger partial charge in [-0.25, -0.2) is 0 Å². The lowest BCUT2D eigenvalue weighted by molar-refractivity contribution is -0.924. The fraction of sp³-hybridized carbons (Fsp3) is 1.00. The van der Waals surface area contributed by atoms with Crippen LogP contribution in [0.15, 0.2) is 0 Å². The van der Waals surface area contributed by atoms with Crippen LogP contribution in [0.4, 0.5) is 0 Å². The molecule has 0 radical (unpaired) electrons. The summed E-state index contributed by atoms with van der Waals surface area (Å²) in [7, 11) is 7.01. The maximum Gasteiger partial charge on any atom is 0.0787 e. The van der Waals surface area contributed by atoms with Gasteiger partial charge < -0.3 is 42.9 Å². The van der Waals surface area contributed by atoms with Crippen molar-refractivity contribution in [1.82, 2.24) is 0 Å². The molecule has 0 spiro atoms. The van der Waals surface area contributed by atoms with Crippen LogP contribution in [0.2, 0.25) is 0 Å². The third kappa shape index (κ3) is 5.48. The van der Waals surface area contributed by atoms with Crippen LogP contribution in [0.25, 0.3) is 0 Å². The molecule has 2 nitrogen and oxygen atoms in total. The summed E-state index contributed by atoms with van der Waals surface area (Å²) >= 11 is 0. The van der Waals surface area contributed by atoms with Crippen molar-refractivity contribution in [3.63, 3.8) is 0 Å². The molecule has 0 atom stereocenters. The van der Waals surface area contributed by atoms with Gasteiger partial charge in [-0.1, -0.05) is 0 Å². The van der Waals surface area contributed by atoms with Gasteiger partial charge in [0.1, 0.15) is 0 Å². The molecule has 0 unspecified atom stereocenters. The average Bonchev–Trinajstić information content (AvgIpc) is 2.65. The zero-order valence-electron chi connectivity index (χ0n) is 12.3. The molecule has 0 aliphatic carbocycles. The molecule has 4 heterocycles. The minimum absolute atomic E-state index is 0. The monoisotopic (exact) mass is 384 g/mol. The van der Waals surface area contributed by atoms with Crippen molar-refractivity contribution in [3.8, 4) is 0 Å². The van der Waals surface area contributed by atoms with Gasteiger partial charge in [0, 0.05) is 12.8 Å². The number of halogens is 2. The van der Waals surface area contributed by atoms with Crippen LogP contribution < -0.4 is 34.0 Å². The molecule has 0 N–H and O–H groups in total. The van der Waals surface area contributed by atoms with Gasteiger partial charge >= 0.3 is 0 Å². The van der Waals surface area contributed by atoms with E-state index in [0.29, 0.717) is 0 Å². The van der Waals surface area contributed by atoms with Crippen LogP contribution in [-0.4, -0.2) is 62.8 Å². The van der Waals surface area contributed by atoms with E-state index in [-0.39, 0.29) is 34.0 Å². The van der Waals surface area contributed by atoms with Crippen LogP contribution in [0.3, 0.4) is 0 Å². The average molecular weight is 386 g/mol. The van der Waals surface area contributed by atoms with Gasteiger partial charge in [-0.05, 0) is 25.2 Å². The van der Waals surface area contributed by atoms with Crippen LogP contribution in [0.1, 0.15) is 32.1 Å². The molecule has 0 amide bonds. The summed E-state index contributed by atoms with van der Waals surface area (Å²) in [5.74, 6) is 1.12. The summed E-state index contributed by atoms with van der Waals surface area (Å²) in [5.41, 5.74) is 0. The molecule has 4 heteroatoms. The topological polar surface area (TPSA) is 0 Å². The minimum Gasteiger partial charge on any atom is -1.00 e. The van der Waals surface area contributed by atoms with Crippen molar-refractivity contribution >= 4 is 0 Å². The van der Waals surface area contributed by atoms with Crippen molar-refractivity contribution < 1.29 is 42.9 Å². The molecule has 0 saturated carbocycles. The number of piperidine rings is 3. The number of fused-ring (bicyclic) bond motifs is 3. The van der Waals surface area contributed by atoms with E-state index < -0.39 is 0 Å². The first-order chi connectivity index (χ1) is 7.49. The van der Waals surface area contributed by atoms with Crippen LogP contribution in [0, 0.1) is 5.92 Å². The zero-order chi connectivity index (χ0) is 11.6. The molecule has 4 rings (SSSR count). The first-order valence-corrected chi connectivity index (χ1v) is 7.15. The van der Waals surface area contributed by atoms with Gasteiger partial charge in [0.05, 0.1) is 53.9 Å². The molecule has 0 aromatic heterocycles. The van der Waals surface area contributed by atoms with E-state index >= 15 is 0 Å². The maximum atomic E-state index is 2.41. The molecule has 18 heavy (non-hydrogen) atoms. The number of quaternary nitrogens is 2. The highest BCUT2D eigenvalue weighted by Gasteiger charge is 2.35. The van der Waals surface area contributed by atoms with Crippen molar-refractivity contribution in [2.75, 3.05) is 53.9 Å². The Kier molecular flexibility index (Phi) is 7.98. The predicted molar refractivity (Wildman–Crippen MR) is 69.2 cm³/mol. The lowest BCUT2D eigenvalue weighted by Gasteiger charge is -2.46. The van der Waals surface area contributed by atoms with Gasteiger partial charge in [-0.15, -0.1) is 0 Å². The van der Waals surface area contributed by atoms with E-state index in [0.717, 1.165) is 5.92 Å². The molecule has 4 fully saturated rings. The Hall–Kier alpha value is 0.880. The first-order valence-electron chi connectivity index (χ1n) is 7.15. The van der Waals surface area contributed by atoms with Crippen LogP contribution in [-0.2, 0) is 0 Å². The lowest BCUT2D eigenvalue weighted by Crippen LogP contribution is -3.00. The molecule has 2 bridgehead atoms. The van der Waals surface area contributed by atoms with Crippen molar-refractivity contribution in [1.29, 1.82) is 0 Å². The summed E-state index contributed by atoms with van der Waals surface area (Å²) in [6.07, 6.45) is 7.41. The summed E-state index contributed by atoms with van der Waals surface area (Å²) < 4.78 is 2.64. The number of nitrogens with zero attached hydrogens (tertiary/aromatic N) is 2. The molecule has 4 aliphatic heterocycles. The number of hydrogen-bond acceptors (Lipinski definition) is 0. The van der Waals surface area contributed by atoms with E-state index in [9.17, 15) is 0 Å².